The van der Waals surface area contributed by atoms with Crippen molar-refractivity contribution < 1.29 is 13.6 Å². The Hall–Kier alpha value is -0.670. The number of alkyl halides is 3. The van der Waals surface area contributed by atoms with E-state index < -0.39 is 11.2 Å². The van der Waals surface area contributed by atoms with Crippen molar-refractivity contribution in [3.8, 4) is 0 Å². The second kappa shape index (κ2) is 3.60. The molecule has 1 rings (SSSR count). The lowest BCUT2D eigenvalue weighted by molar-refractivity contribution is 0.0536. The minimum Gasteiger partial charge on any atom is -0.286 e. The maximum absolute atomic E-state index is 12.3. The van der Waals surface area contributed by atoms with Gasteiger partial charge in [-0.1, -0.05) is 23.7 Å². The third kappa shape index (κ3) is 2.64. The summed E-state index contributed by atoms with van der Waals surface area (Å²) in [5, 5.41) is -3.66. The SMILES string of the molecule is O=C(c1cccc(Cl)c1)C(F)(F)Cl. The molecule has 13 heavy (non-hydrogen) atoms. The number of rotatable bonds is 2. The van der Waals surface area contributed by atoms with Crippen LogP contribution in [0.2, 0.25) is 5.02 Å². The van der Waals surface area contributed by atoms with Crippen LogP contribution in [0.15, 0.2) is 24.3 Å². The van der Waals surface area contributed by atoms with Crippen LogP contribution in [-0.2, 0) is 0 Å². The van der Waals surface area contributed by atoms with Gasteiger partial charge in [-0.15, -0.1) is 0 Å². The first kappa shape index (κ1) is 10.4. The lowest BCUT2D eigenvalue weighted by atomic mass is 10.1. The monoisotopic (exact) mass is 224 g/mol. The molecule has 0 fully saturated rings. The summed E-state index contributed by atoms with van der Waals surface area (Å²) in [4.78, 5) is 10.9. The molecule has 0 saturated heterocycles. The molecule has 0 aliphatic carbocycles. The molecule has 70 valence electrons. The topological polar surface area (TPSA) is 17.1 Å². The van der Waals surface area contributed by atoms with Gasteiger partial charge in [0.05, 0.1) is 0 Å². The van der Waals surface area contributed by atoms with Crippen molar-refractivity contribution >= 4 is 29.0 Å². The van der Waals surface area contributed by atoms with E-state index in [0.29, 0.717) is 0 Å². The van der Waals surface area contributed by atoms with Crippen LogP contribution in [0.3, 0.4) is 0 Å². The predicted octanol–water partition coefficient (Wildman–Crippen LogP) is 3.35. The summed E-state index contributed by atoms with van der Waals surface area (Å²) in [5.41, 5.74) is -0.201. The molecule has 1 aromatic rings. The molecule has 0 aromatic heterocycles. The molecule has 0 unspecified atom stereocenters. The minimum atomic E-state index is -3.87. The van der Waals surface area contributed by atoms with E-state index in [2.05, 4.69) is 11.6 Å². The Morgan fingerprint density at radius 2 is 2.00 bits per heavy atom. The van der Waals surface area contributed by atoms with E-state index in [9.17, 15) is 13.6 Å². The van der Waals surface area contributed by atoms with Crippen molar-refractivity contribution in [3.05, 3.63) is 34.9 Å². The van der Waals surface area contributed by atoms with Crippen LogP contribution in [-0.4, -0.2) is 11.2 Å². The van der Waals surface area contributed by atoms with Gasteiger partial charge < -0.3 is 0 Å². The van der Waals surface area contributed by atoms with Gasteiger partial charge in [0, 0.05) is 10.6 Å². The Morgan fingerprint density at radius 1 is 1.38 bits per heavy atom. The van der Waals surface area contributed by atoms with Crippen molar-refractivity contribution in [2.45, 2.75) is 5.38 Å². The average Bonchev–Trinajstić information content (AvgIpc) is 2.01. The number of benzene rings is 1. The van der Waals surface area contributed by atoms with Crippen LogP contribution in [0.1, 0.15) is 10.4 Å². The van der Waals surface area contributed by atoms with Crippen LogP contribution >= 0.6 is 23.2 Å². The van der Waals surface area contributed by atoms with E-state index in [0.717, 1.165) is 6.07 Å². The largest absolute Gasteiger partial charge is 0.384 e. The molecule has 0 aliphatic heterocycles. The van der Waals surface area contributed by atoms with Crippen LogP contribution in [0.25, 0.3) is 0 Å². The molecule has 0 radical (unpaired) electrons. The smallest absolute Gasteiger partial charge is 0.286 e. The molecule has 5 heteroatoms. The van der Waals surface area contributed by atoms with Crippen molar-refractivity contribution in [1.82, 2.24) is 0 Å². The van der Waals surface area contributed by atoms with Gasteiger partial charge in [0.25, 0.3) is 0 Å². The standard InChI is InChI=1S/C8H4Cl2F2O/c9-6-3-1-2-5(4-6)7(13)8(10,11)12/h1-4H. The maximum Gasteiger partial charge on any atom is 0.384 e. The zero-order valence-corrected chi connectivity index (χ0v) is 7.74. The Morgan fingerprint density at radius 3 is 2.46 bits per heavy atom. The molecule has 0 saturated carbocycles. The van der Waals surface area contributed by atoms with Crippen molar-refractivity contribution in [2.24, 2.45) is 0 Å². The van der Waals surface area contributed by atoms with E-state index in [1.54, 1.807) is 0 Å². The van der Waals surface area contributed by atoms with E-state index in [-0.39, 0.29) is 10.6 Å². The van der Waals surface area contributed by atoms with E-state index in [1.165, 1.54) is 18.2 Å². The van der Waals surface area contributed by atoms with E-state index >= 15 is 0 Å². The van der Waals surface area contributed by atoms with Crippen LogP contribution in [0.5, 0.6) is 0 Å². The van der Waals surface area contributed by atoms with E-state index in [1.807, 2.05) is 0 Å². The first-order valence-electron chi connectivity index (χ1n) is 3.28. The number of hydrogen-bond acceptors (Lipinski definition) is 1. The van der Waals surface area contributed by atoms with Crippen LogP contribution in [0, 0.1) is 0 Å². The quantitative estimate of drug-likeness (QED) is 0.557. The molecule has 0 bridgehead atoms. The number of ketones is 1. The second-order valence-corrected chi connectivity index (χ2v) is 3.25. The summed E-state index contributed by atoms with van der Waals surface area (Å²) in [7, 11) is 0. The fraction of sp³-hybridized carbons (Fsp3) is 0.125. The van der Waals surface area contributed by atoms with E-state index in [4.69, 9.17) is 11.6 Å². The summed E-state index contributed by atoms with van der Waals surface area (Å²) in [5.74, 6) is -1.45. The Kier molecular flexibility index (Phi) is 2.88. The summed E-state index contributed by atoms with van der Waals surface area (Å²) >= 11 is 10.0. The second-order valence-electron chi connectivity index (χ2n) is 2.34. The lowest BCUT2D eigenvalue weighted by Gasteiger charge is -2.05. The molecule has 0 aliphatic rings. The number of hydrogen-bond donors (Lipinski definition) is 0. The number of halogens is 4. The van der Waals surface area contributed by atoms with Gasteiger partial charge in [-0.2, -0.15) is 8.78 Å². The van der Waals surface area contributed by atoms with Gasteiger partial charge in [0.15, 0.2) is 0 Å². The minimum absolute atomic E-state index is 0.201. The highest BCUT2D eigenvalue weighted by atomic mass is 35.5. The highest BCUT2D eigenvalue weighted by molar-refractivity contribution is 6.36. The third-order valence-corrected chi connectivity index (χ3v) is 1.75. The zero-order valence-electron chi connectivity index (χ0n) is 6.23. The van der Waals surface area contributed by atoms with Gasteiger partial charge in [-0.05, 0) is 23.7 Å². The molecule has 0 atom stereocenters. The fourth-order valence-corrected chi connectivity index (χ4v) is 1.09. The van der Waals surface area contributed by atoms with Gasteiger partial charge >= 0.3 is 5.38 Å². The molecule has 1 aromatic carbocycles. The predicted molar refractivity (Wildman–Crippen MR) is 46.6 cm³/mol. The molecular weight excluding hydrogens is 221 g/mol. The highest BCUT2D eigenvalue weighted by Crippen LogP contribution is 2.25. The number of carbonyl (C=O) groups excluding carboxylic acids is 1. The van der Waals surface area contributed by atoms with Crippen LogP contribution in [0.4, 0.5) is 8.78 Å². The third-order valence-electron chi connectivity index (χ3n) is 1.34. The molecule has 1 nitrogen and oxygen atoms in total. The van der Waals surface area contributed by atoms with Gasteiger partial charge in [-0.3, -0.25) is 4.79 Å². The molecule has 0 amide bonds. The van der Waals surface area contributed by atoms with Crippen molar-refractivity contribution in [2.75, 3.05) is 0 Å². The maximum atomic E-state index is 12.3. The zero-order chi connectivity index (χ0) is 10.1. The Labute approximate surface area is 83.3 Å². The molecular formula is C8H4Cl2F2O. The van der Waals surface area contributed by atoms with Gasteiger partial charge in [0.1, 0.15) is 0 Å². The number of carbonyl (C=O) groups is 1. The van der Waals surface area contributed by atoms with Gasteiger partial charge in [-0.25, -0.2) is 0 Å². The summed E-state index contributed by atoms with van der Waals surface area (Å²) < 4.78 is 24.6. The molecule has 0 spiro atoms. The normalized spacial score (nSPS) is 11.4. The Balaban J connectivity index is 3.03. The first-order valence-corrected chi connectivity index (χ1v) is 4.04. The van der Waals surface area contributed by atoms with Crippen molar-refractivity contribution in [3.63, 3.8) is 0 Å². The first-order chi connectivity index (χ1) is 5.91. The van der Waals surface area contributed by atoms with Gasteiger partial charge in [0.2, 0.25) is 5.78 Å². The molecule has 0 heterocycles. The fourth-order valence-electron chi connectivity index (χ4n) is 0.793. The summed E-state index contributed by atoms with van der Waals surface area (Å²) in [6.45, 7) is 0. The average molecular weight is 225 g/mol. The lowest BCUT2D eigenvalue weighted by Crippen LogP contribution is -2.21. The summed E-state index contributed by atoms with van der Waals surface area (Å²) in [6, 6.07) is 5.24. The van der Waals surface area contributed by atoms with Crippen LogP contribution < -0.4 is 0 Å². The van der Waals surface area contributed by atoms with Crippen molar-refractivity contribution in [1.29, 1.82) is 0 Å². The highest BCUT2D eigenvalue weighted by Gasteiger charge is 2.36. The summed E-state index contributed by atoms with van der Waals surface area (Å²) in [6.07, 6.45) is 0. The number of Topliss-reactive ketones (excluding diaryl/α,β-unsaturated/α-hetero) is 1. The Bertz CT molecular complexity index is 333. The molecule has 0 N–H and O–H groups in total.